The van der Waals surface area contributed by atoms with E-state index >= 15 is 0 Å². The summed E-state index contributed by atoms with van der Waals surface area (Å²) in [6.45, 7) is 0.917. The molecule has 1 N–H and O–H groups in total. The average molecular weight is 181 g/mol. The van der Waals surface area contributed by atoms with Gasteiger partial charge in [0.15, 0.2) is 0 Å². The predicted octanol–water partition coefficient (Wildman–Crippen LogP) is 1.89. The summed E-state index contributed by atoms with van der Waals surface area (Å²) >= 11 is 0. The Morgan fingerprint density at radius 2 is 1.92 bits per heavy atom. The zero-order chi connectivity index (χ0) is 9.10. The first-order valence-electron chi connectivity index (χ1n) is 5.61. The molecule has 1 saturated carbocycles. The van der Waals surface area contributed by atoms with Crippen LogP contribution in [0.4, 0.5) is 0 Å². The zero-order valence-corrected chi connectivity index (χ0v) is 8.22. The van der Waals surface area contributed by atoms with Gasteiger partial charge in [-0.3, -0.25) is 4.79 Å². The molecule has 1 atom stereocenters. The quantitative estimate of drug-likeness (QED) is 0.669. The van der Waals surface area contributed by atoms with Gasteiger partial charge in [0, 0.05) is 25.4 Å². The highest BCUT2D eigenvalue weighted by atomic mass is 16.1. The fraction of sp³-hybridized carbons (Fsp3) is 0.909. The van der Waals surface area contributed by atoms with Gasteiger partial charge in [-0.25, -0.2) is 0 Å². The second-order valence-corrected chi connectivity index (χ2v) is 4.45. The number of Topliss-reactive ketones (excluding diaryl/α,β-unsaturated/α-hetero) is 1. The van der Waals surface area contributed by atoms with Gasteiger partial charge in [-0.1, -0.05) is 19.3 Å². The third-order valence-corrected chi connectivity index (χ3v) is 3.48. The molecule has 0 aromatic rings. The molecule has 1 aliphatic heterocycles. The first kappa shape index (κ1) is 9.20. The van der Waals surface area contributed by atoms with E-state index in [9.17, 15) is 4.79 Å². The molecular weight excluding hydrogens is 162 g/mol. The highest BCUT2D eigenvalue weighted by Crippen LogP contribution is 2.28. The largest absolute Gasteiger partial charge is 0.313 e. The number of hydrogen-bond donors (Lipinski definition) is 1. The van der Waals surface area contributed by atoms with E-state index < -0.39 is 0 Å². The Balaban J connectivity index is 1.87. The van der Waals surface area contributed by atoms with Gasteiger partial charge in [0.2, 0.25) is 0 Å². The van der Waals surface area contributed by atoms with E-state index in [1.165, 1.54) is 32.1 Å². The van der Waals surface area contributed by atoms with Crippen LogP contribution < -0.4 is 5.32 Å². The van der Waals surface area contributed by atoms with Crippen LogP contribution in [0.25, 0.3) is 0 Å². The lowest BCUT2D eigenvalue weighted by molar-refractivity contribution is -0.121. The number of ketones is 1. The molecule has 0 bridgehead atoms. The van der Waals surface area contributed by atoms with Crippen molar-refractivity contribution in [2.24, 2.45) is 5.92 Å². The molecule has 0 aromatic carbocycles. The lowest BCUT2D eigenvalue weighted by Gasteiger charge is -2.33. The molecule has 0 spiro atoms. The summed E-state index contributed by atoms with van der Waals surface area (Å²) in [5.41, 5.74) is 0. The van der Waals surface area contributed by atoms with E-state index in [4.69, 9.17) is 0 Å². The third-order valence-electron chi connectivity index (χ3n) is 3.48. The number of rotatable bonds is 1. The van der Waals surface area contributed by atoms with Crippen LogP contribution in [-0.2, 0) is 4.79 Å². The first-order valence-corrected chi connectivity index (χ1v) is 5.61. The maximum absolute atomic E-state index is 11.3. The van der Waals surface area contributed by atoms with Crippen LogP contribution in [0.5, 0.6) is 0 Å². The smallest absolute Gasteiger partial charge is 0.135 e. The summed E-state index contributed by atoms with van der Waals surface area (Å²) < 4.78 is 0. The molecule has 0 radical (unpaired) electrons. The standard InChI is InChI=1S/C11H19NO/c13-10-6-7-12-11(8-10)9-4-2-1-3-5-9/h9,11-12H,1-8H2. The van der Waals surface area contributed by atoms with Gasteiger partial charge in [-0.2, -0.15) is 0 Å². The fourth-order valence-corrected chi connectivity index (χ4v) is 2.69. The van der Waals surface area contributed by atoms with Crippen molar-refractivity contribution in [1.29, 1.82) is 0 Å². The molecule has 13 heavy (non-hydrogen) atoms. The highest BCUT2D eigenvalue weighted by molar-refractivity contribution is 5.80. The van der Waals surface area contributed by atoms with Crippen molar-refractivity contribution in [3.63, 3.8) is 0 Å². The van der Waals surface area contributed by atoms with Crippen molar-refractivity contribution in [1.82, 2.24) is 5.32 Å². The minimum Gasteiger partial charge on any atom is -0.313 e. The number of nitrogens with one attached hydrogen (secondary N) is 1. The molecule has 0 aromatic heterocycles. The molecule has 2 fully saturated rings. The van der Waals surface area contributed by atoms with Crippen molar-refractivity contribution in [3.8, 4) is 0 Å². The van der Waals surface area contributed by atoms with E-state index in [2.05, 4.69) is 5.32 Å². The Morgan fingerprint density at radius 1 is 1.15 bits per heavy atom. The summed E-state index contributed by atoms with van der Waals surface area (Å²) in [6, 6.07) is 0.515. The number of carbonyl (C=O) groups is 1. The molecule has 2 rings (SSSR count). The van der Waals surface area contributed by atoms with Crippen molar-refractivity contribution in [2.45, 2.75) is 51.0 Å². The summed E-state index contributed by atoms with van der Waals surface area (Å²) in [6.07, 6.45) is 8.37. The number of piperidine rings is 1. The molecule has 2 heteroatoms. The normalized spacial score (nSPS) is 32.0. The van der Waals surface area contributed by atoms with Crippen LogP contribution in [0, 0.1) is 5.92 Å². The Labute approximate surface area is 80.1 Å². The lowest BCUT2D eigenvalue weighted by Crippen LogP contribution is -2.43. The van der Waals surface area contributed by atoms with E-state index in [0.29, 0.717) is 11.8 Å². The molecular formula is C11H19NO. The summed E-state index contributed by atoms with van der Waals surface area (Å²) in [5, 5.41) is 3.50. The van der Waals surface area contributed by atoms with Crippen LogP contribution in [0.2, 0.25) is 0 Å². The van der Waals surface area contributed by atoms with E-state index in [1.54, 1.807) is 0 Å². The van der Waals surface area contributed by atoms with Crippen LogP contribution in [0.1, 0.15) is 44.9 Å². The molecule has 1 aliphatic carbocycles. The van der Waals surface area contributed by atoms with Crippen LogP contribution in [0.15, 0.2) is 0 Å². The number of hydrogen-bond acceptors (Lipinski definition) is 2. The summed E-state index contributed by atoms with van der Waals surface area (Å²) in [5.74, 6) is 1.26. The van der Waals surface area contributed by atoms with E-state index in [-0.39, 0.29) is 0 Å². The van der Waals surface area contributed by atoms with Crippen LogP contribution in [-0.4, -0.2) is 18.4 Å². The minimum atomic E-state index is 0.467. The SMILES string of the molecule is O=C1CCNC(C2CCCCC2)C1. The van der Waals surface area contributed by atoms with Gasteiger partial charge in [0.1, 0.15) is 5.78 Å². The van der Waals surface area contributed by atoms with Gasteiger partial charge in [0.05, 0.1) is 0 Å². The predicted molar refractivity (Wildman–Crippen MR) is 52.6 cm³/mol. The molecule has 2 aliphatic rings. The highest BCUT2D eigenvalue weighted by Gasteiger charge is 2.27. The molecule has 1 heterocycles. The van der Waals surface area contributed by atoms with Gasteiger partial charge in [-0.05, 0) is 18.8 Å². The van der Waals surface area contributed by atoms with Crippen molar-refractivity contribution in [3.05, 3.63) is 0 Å². The first-order chi connectivity index (χ1) is 6.36. The third kappa shape index (κ3) is 2.31. The van der Waals surface area contributed by atoms with Gasteiger partial charge in [0.25, 0.3) is 0 Å². The Hall–Kier alpha value is -0.370. The van der Waals surface area contributed by atoms with Crippen molar-refractivity contribution in [2.75, 3.05) is 6.54 Å². The maximum atomic E-state index is 11.3. The second-order valence-electron chi connectivity index (χ2n) is 4.45. The second kappa shape index (κ2) is 4.23. The van der Waals surface area contributed by atoms with E-state index in [0.717, 1.165) is 25.3 Å². The minimum absolute atomic E-state index is 0.467. The van der Waals surface area contributed by atoms with Gasteiger partial charge in [-0.15, -0.1) is 0 Å². The lowest BCUT2D eigenvalue weighted by atomic mass is 9.81. The Kier molecular flexibility index (Phi) is 2.99. The average Bonchev–Trinajstić information content (AvgIpc) is 2.19. The van der Waals surface area contributed by atoms with Crippen LogP contribution in [0.3, 0.4) is 0 Å². The maximum Gasteiger partial charge on any atom is 0.135 e. The fourth-order valence-electron chi connectivity index (χ4n) is 2.69. The zero-order valence-electron chi connectivity index (χ0n) is 8.22. The molecule has 1 unspecified atom stereocenters. The van der Waals surface area contributed by atoms with Crippen LogP contribution >= 0.6 is 0 Å². The monoisotopic (exact) mass is 181 g/mol. The summed E-state index contributed by atoms with van der Waals surface area (Å²) in [7, 11) is 0. The van der Waals surface area contributed by atoms with Gasteiger partial charge >= 0.3 is 0 Å². The topological polar surface area (TPSA) is 29.1 Å². The molecule has 0 amide bonds. The molecule has 1 saturated heterocycles. The molecule has 74 valence electrons. The number of carbonyl (C=O) groups excluding carboxylic acids is 1. The van der Waals surface area contributed by atoms with Gasteiger partial charge < -0.3 is 5.32 Å². The van der Waals surface area contributed by atoms with Crippen molar-refractivity contribution < 1.29 is 4.79 Å². The van der Waals surface area contributed by atoms with E-state index in [1.807, 2.05) is 0 Å². The Bertz CT molecular complexity index is 185. The summed E-state index contributed by atoms with van der Waals surface area (Å²) in [4.78, 5) is 11.3. The Morgan fingerprint density at radius 3 is 2.62 bits per heavy atom. The molecule has 2 nitrogen and oxygen atoms in total. The van der Waals surface area contributed by atoms with Crippen molar-refractivity contribution >= 4 is 5.78 Å².